The highest BCUT2D eigenvalue weighted by molar-refractivity contribution is 7.89. The Bertz CT molecular complexity index is 561. The van der Waals surface area contributed by atoms with E-state index in [1.807, 2.05) is 0 Å². The monoisotopic (exact) mass is 311 g/mol. The van der Waals surface area contributed by atoms with Crippen LogP contribution >= 0.6 is 0 Å². The van der Waals surface area contributed by atoms with E-state index in [1.165, 1.54) is 13.1 Å². The van der Waals surface area contributed by atoms with Gasteiger partial charge in [-0.1, -0.05) is 6.07 Å². The minimum Gasteiger partial charge on any atom is -0.259 e. The van der Waals surface area contributed by atoms with E-state index in [-0.39, 0.29) is 29.2 Å². The number of benzene rings is 1. The van der Waals surface area contributed by atoms with Crippen LogP contribution in [0.3, 0.4) is 0 Å². The predicted molar refractivity (Wildman–Crippen MR) is 70.5 cm³/mol. The molecule has 0 saturated carbocycles. The molecule has 1 aromatic rings. The summed E-state index contributed by atoms with van der Waals surface area (Å²) in [5, 5.41) is 0. The zero-order chi connectivity index (χ0) is 14.5. The summed E-state index contributed by atoms with van der Waals surface area (Å²) < 4.78 is 62.0. The van der Waals surface area contributed by atoms with E-state index < -0.39 is 32.5 Å². The second-order valence-electron chi connectivity index (χ2n) is 3.90. The largest absolute Gasteiger partial charge is 0.259 e. The van der Waals surface area contributed by atoms with E-state index in [0.717, 1.165) is 12.1 Å². The van der Waals surface area contributed by atoms with Gasteiger partial charge >= 0.3 is 0 Å². The molecular weight excluding hydrogens is 296 g/mol. The molecule has 1 atom stereocenters. The van der Waals surface area contributed by atoms with Gasteiger partial charge in [-0.15, -0.1) is 0 Å². The topological polar surface area (TPSA) is 63.2 Å². The Balaban J connectivity index is 2.48. The first-order valence-corrected chi connectivity index (χ1v) is 8.68. The molecule has 108 valence electrons. The van der Waals surface area contributed by atoms with Gasteiger partial charge in [0.2, 0.25) is 10.0 Å². The highest BCUT2D eigenvalue weighted by atomic mass is 32.2. The Labute approximate surface area is 113 Å². The van der Waals surface area contributed by atoms with Gasteiger partial charge in [0, 0.05) is 28.2 Å². The second-order valence-corrected chi connectivity index (χ2v) is 7.52. The van der Waals surface area contributed by atoms with Crippen LogP contribution in [0.2, 0.25) is 0 Å². The molecule has 19 heavy (non-hydrogen) atoms. The number of nitrogens with one attached hydrogen (secondary N) is 1. The van der Waals surface area contributed by atoms with Crippen molar-refractivity contribution < 1.29 is 21.4 Å². The van der Waals surface area contributed by atoms with Crippen molar-refractivity contribution in [2.45, 2.75) is 12.2 Å². The third-order valence-electron chi connectivity index (χ3n) is 2.43. The normalized spacial score (nSPS) is 13.4. The Hall–Kier alpha value is -0.860. The van der Waals surface area contributed by atoms with Crippen LogP contribution in [0.4, 0.5) is 8.78 Å². The summed E-state index contributed by atoms with van der Waals surface area (Å²) in [5.41, 5.74) is 0.163. The molecule has 0 heterocycles. The Morgan fingerprint density at radius 3 is 2.58 bits per heavy atom. The van der Waals surface area contributed by atoms with E-state index in [2.05, 4.69) is 4.72 Å². The van der Waals surface area contributed by atoms with E-state index in [0.29, 0.717) is 0 Å². The van der Waals surface area contributed by atoms with Gasteiger partial charge in [0.05, 0.1) is 11.5 Å². The molecule has 0 spiro atoms. The van der Waals surface area contributed by atoms with Crippen molar-refractivity contribution in [3.05, 3.63) is 35.4 Å². The van der Waals surface area contributed by atoms with Crippen molar-refractivity contribution in [3.63, 3.8) is 0 Å². The summed E-state index contributed by atoms with van der Waals surface area (Å²) in [6.45, 7) is 0. The van der Waals surface area contributed by atoms with Crippen molar-refractivity contribution in [1.29, 1.82) is 0 Å². The molecule has 0 bridgehead atoms. The molecular formula is C11H15F2NO3S2. The maximum absolute atomic E-state index is 13.3. The molecule has 0 amide bonds. The molecule has 0 saturated heterocycles. The number of hydrogen-bond donors (Lipinski definition) is 1. The van der Waals surface area contributed by atoms with Crippen molar-refractivity contribution >= 4 is 20.8 Å². The van der Waals surface area contributed by atoms with E-state index in [4.69, 9.17) is 0 Å². The van der Waals surface area contributed by atoms with Crippen molar-refractivity contribution in [2.75, 3.05) is 18.6 Å². The molecule has 1 aromatic carbocycles. The molecule has 0 aromatic heterocycles. The lowest BCUT2D eigenvalue weighted by atomic mass is 10.2. The van der Waals surface area contributed by atoms with Gasteiger partial charge in [0.15, 0.2) is 0 Å². The fraction of sp³-hybridized carbons (Fsp3) is 0.455. The maximum Gasteiger partial charge on any atom is 0.211 e. The maximum atomic E-state index is 13.3. The van der Waals surface area contributed by atoms with Crippen molar-refractivity contribution in [2.24, 2.45) is 0 Å². The van der Waals surface area contributed by atoms with E-state index in [1.54, 1.807) is 0 Å². The van der Waals surface area contributed by atoms with E-state index in [9.17, 15) is 21.4 Å². The fourth-order valence-corrected chi connectivity index (χ4v) is 3.50. The number of halogens is 2. The molecule has 1 N–H and O–H groups in total. The molecule has 4 nitrogen and oxygen atoms in total. The first-order chi connectivity index (χ1) is 8.84. The summed E-state index contributed by atoms with van der Waals surface area (Å²) >= 11 is 0. The SMILES string of the molecule is CNS(=O)(=O)CCC[S@](=O)Cc1ccc(F)cc1F. The van der Waals surface area contributed by atoms with E-state index >= 15 is 0 Å². The van der Waals surface area contributed by atoms with Gasteiger partial charge in [0.25, 0.3) is 0 Å². The Morgan fingerprint density at radius 2 is 2.00 bits per heavy atom. The van der Waals surface area contributed by atoms with Gasteiger partial charge < -0.3 is 0 Å². The van der Waals surface area contributed by atoms with Crippen LogP contribution in [0.1, 0.15) is 12.0 Å². The Morgan fingerprint density at radius 1 is 1.32 bits per heavy atom. The standard InChI is InChI=1S/C11H15F2NO3S2/c1-14-19(16,17)6-2-5-18(15)8-9-3-4-10(12)7-11(9)13/h3-4,7,14H,2,5-6,8H2,1H3/t18-/m0/s1. The zero-order valence-corrected chi connectivity index (χ0v) is 12.0. The van der Waals surface area contributed by atoms with Crippen molar-refractivity contribution in [1.82, 2.24) is 4.72 Å². The molecule has 0 aliphatic carbocycles. The summed E-state index contributed by atoms with van der Waals surface area (Å²) in [6, 6.07) is 3.08. The van der Waals surface area contributed by atoms with Crippen LogP contribution in [0, 0.1) is 11.6 Å². The summed E-state index contributed by atoms with van der Waals surface area (Å²) in [5.74, 6) is -1.45. The molecule has 1 rings (SSSR count). The lowest BCUT2D eigenvalue weighted by molar-refractivity contribution is 0.575. The highest BCUT2D eigenvalue weighted by Crippen LogP contribution is 2.12. The van der Waals surface area contributed by atoms with Gasteiger partial charge in [-0.05, 0) is 19.5 Å². The fourth-order valence-electron chi connectivity index (χ4n) is 1.40. The smallest absolute Gasteiger partial charge is 0.211 e. The lowest BCUT2D eigenvalue weighted by Gasteiger charge is -2.05. The minimum atomic E-state index is -3.31. The summed E-state index contributed by atoms with van der Waals surface area (Å²) in [4.78, 5) is 0. The van der Waals surface area contributed by atoms with Gasteiger partial charge in [-0.3, -0.25) is 4.21 Å². The molecule has 0 aliphatic rings. The third-order valence-corrected chi connectivity index (χ3v) is 5.25. The number of rotatable bonds is 7. The van der Waals surface area contributed by atoms with Crippen LogP contribution in [0.5, 0.6) is 0 Å². The quantitative estimate of drug-likeness (QED) is 0.822. The first-order valence-electron chi connectivity index (χ1n) is 5.54. The second kappa shape index (κ2) is 7.06. The highest BCUT2D eigenvalue weighted by Gasteiger charge is 2.11. The first kappa shape index (κ1) is 16.2. The average Bonchev–Trinajstić information content (AvgIpc) is 2.32. The van der Waals surface area contributed by atoms with Gasteiger partial charge in [-0.25, -0.2) is 21.9 Å². The summed E-state index contributed by atoms with van der Waals surface area (Å²) in [7, 11) is -3.38. The van der Waals surface area contributed by atoms with Crippen molar-refractivity contribution in [3.8, 4) is 0 Å². The Kier molecular flexibility index (Phi) is 6.02. The molecule has 0 aliphatic heterocycles. The zero-order valence-electron chi connectivity index (χ0n) is 10.4. The van der Waals surface area contributed by atoms with Crippen LogP contribution in [-0.2, 0) is 26.6 Å². The average molecular weight is 311 g/mol. The van der Waals surface area contributed by atoms with Crippen LogP contribution in [0.25, 0.3) is 0 Å². The lowest BCUT2D eigenvalue weighted by Crippen LogP contribution is -2.23. The third kappa shape index (κ3) is 5.75. The minimum absolute atomic E-state index is 0.0499. The number of sulfonamides is 1. The van der Waals surface area contributed by atoms with Crippen LogP contribution in [-0.4, -0.2) is 31.2 Å². The van der Waals surface area contributed by atoms with Gasteiger partial charge in [-0.2, -0.15) is 0 Å². The molecule has 0 radical (unpaired) electrons. The number of hydrogen-bond acceptors (Lipinski definition) is 3. The molecule has 0 fully saturated rings. The molecule has 0 unspecified atom stereocenters. The predicted octanol–water partition coefficient (Wildman–Crippen LogP) is 1.15. The van der Waals surface area contributed by atoms with Gasteiger partial charge in [0.1, 0.15) is 11.6 Å². The van der Waals surface area contributed by atoms with Crippen LogP contribution in [0.15, 0.2) is 18.2 Å². The van der Waals surface area contributed by atoms with Crippen LogP contribution < -0.4 is 4.72 Å². The molecule has 8 heteroatoms. The summed E-state index contributed by atoms with van der Waals surface area (Å²) in [6.07, 6.45) is 0.221.